The third kappa shape index (κ3) is 3.85. The molecule has 2 rings (SSSR count). The Bertz CT molecular complexity index is 621. The van der Waals surface area contributed by atoms with Gasteiger partial charge in [0, 0.05) is 12.0 Å². The molecule has 126 valence electrons. The smallest absolute Gasteiger partial charge is 0.163 e. The third-order valence-corrected chi connectivity index (χ3v) is 5.02. The lowest BCUT2D eigenvalue weighted by atomic mass is 9.70. The molecule has 0 aliphatic heterocycles. The first-order valence-electron chi connectivity index (χ1n) is 8.66. The minimum absolute atomic E-state index is 0.00671. The highest BCUT2D eigenvalue weighted by atomic mass is 16.5. The first-order chi connectivity index (χ1) is 10.8. The number of hydrogen-bond acceptors (Lipinski definition) is 2. The molecule has 1 aromatic rings. The number of allylic oxidation sites excluding steroid dienone is 2. The molecule has 1 aliphatic rings. The van der Waals surface area contributed by atoms with Gasteiger partial charge in [-0.05, 0) is 54.7 Å². The van der Waals surface area contributed by atoms with Crippen molar-refractivity contribution in [3.8, 4) is 5.75 Å². The van der Waals surface area contributed by atoms with Crippen molar-refractivity contribution in [3.63, 3.8) is 0 Å². The second-order valence-electron chi connectivity index (χ2n) is 7.72. The van der Waals surface area contributed by atoms with Crippen LogP contribution in [0.3, 0.4) is 0 Å². The highest BCUT2D eigenvalue weighted by Gasteiger charge is 2.32. The largest absolute Gasteiger partial charge is 0.496 e. The van der Waals surface area contributed by atoms with Crippen LogP contribution in [-0.2, 0) is 11.2 Å². The molecule has 1 aliphatic carbocycles. The van der Waals surface area contributed by atoms with E-state index in [4.69, 9.17) is 4.74 Å². The molecule has 0 heterocycles. The second kappa shape index (κ2) is 6.90. The topological polar surface area (TPSA) is 26.3 Å². The number of carbonyl (C=O) groups excluding carboxylic acids is 1. The normalized spacial score (nSPS) is 17.5. The molecule has 0 spiro atoms. The van der Waals surface area contributed by atoms with E-state index in [0.717, 1.165) is 29.7 Å². The highest BCUT2D eigenvalue weighted by molar-refractivity contribution is 5.98. The molecule has 0 fully saturated rings. The molecule has 0 bridgehead atoms. The molecule has 0 saturated heterocycles. The van der Waals surface area contributed by atoms with Crippen molar-refractivity contribution in [2.24, 2.45) is 5.41 Å². The molecule has 1 aromatic carbocycles. The van der Waals surface area contributed by atoms with Crippen molar-refractivity contribution in [1.82, 2.24) is 0 Å². The van der Waals surface area contributed by atoms with E-state index in [-0.39, 0.29) is 11.2 Å². The Kier molecular flexibility index (Phi) is 5.33. The van der Waals surface area contributed by atoms with Gasteiger partial charge in [-0.25, -0.2) is 0 Å². The van der Waals surface area contributed by atoms with Crippen LogP contribution in [0.2, 0.25) is 0 Å². The SMILES string of the molecule is COc1ccc(CC(=O)C2=C(C)CCCC2(C)C)cc1C(C)C. The number of methoxy groups -OCH3 is 1. The van der Waals surface area contributed by atoms with Gasteiger partial charge in [0.2, 0.25) is 0 Å². The molecule has 0 radical (unpaired) electrons. The fourth-order valence-electron chi connectivity index (χ4n) is 3.86. The van der Waals surface area contributed by atoms with Gasteiger partial charge < -0.3 is 4.74 Å². The number of ketones is 1. The van der Waals surface area contributed by atoms with Crippen LogP contribution in [0.4, 0.5) is 0 Å². The van der Waals surface area contributed by atoms with Gasteiger partial charge in [0.1, 0.15) is 5.75 Å². The molecular weight excluding hydrogens is 284 g/mol. The van der Waals surface area contributed by atoms with Gasteiger partial charge in [0.05, 0.1) is 7.11 Å². The number of rotatable bonds is 5. The van der Waals surface area contributed by atoms with Crippen LogP contribution in [0.1, 0.15) is 70.9 Å². The summed E-state index contributed by atoms with van der Waals surface area (Å²) in [6.45, 7) is 10.8. The number of Topliss-reactive ketones (excluding diaryl/α,β-unsaturated/α-hetero) is 1. The predicted molar refractivity (Wildman–Crippen MR) is 96.1 cm³/mol. The van der Waals surface area contributed by atoms with Crippen molar-refractivity contribution < 1.29 is 9.53 Å². The zero-order valence-corrected chi connectivity index (χ0v) is 15.5. The van der Waals surface area contributed by atoms with Gasteiger partial charge in [-0.1, -0.05) is 45.4 Å². The van der Waals surface area contributed by atoms with E-state index in [1.54, 1.807) is 7.11 Å². The lowest BCUT2D eigenvalue weighted by Gasteiger charge is -2.33. The van der Waals surface area contributed by atoms with Crippen molar-refractivity contribution in [2.75, 3.05) is 7.11 Å². The second-order valence-corrected chi connectivity index (χ2v) is 7.72. The van der Waals surface area contributed by atoms with Gasteiger partial charge in [-0.2, -0.15) is 0 Å². The van der Waals surface area contributed by atoms with Crippen LogP contribution in [0.15, 0.2) is 29.3 Å². The molecule has 0 unspecified atom stereocenters. The zero-order valence-electron chi connectivity index (χ0n) is 15.5. The van der Waals surface area contributed by atoms with Gasteiger partial charge in [-0.15, -0.1) is 0 Å². The Morgan fingerprint density at radius 2 is 2.00 bits per heavy atom. The maximum Gasteiger partial charge on any atom is 0.163 e. The molecular formula is C21H30O2. The van der Waals surface area contributed by atoms with E-state index in [1.165, 1.54) is 17.6 Å². The molecule has 2 heteroatoms. The number of benzene rings is 1. The number of hydrogen-bond donors (Lipinski definition) is 0. The summed E-state index contributed by atoms with van der Waals surface area (Å²) in [5, 5.41) is 0. The van der Waals surface area contributed by atoms with Gasteiger partial charge >= 0.3 is 0 Å². The fraction of sp³-hybridized carbons (Fsp3) is 0.571. The Morgan fingerprint density at radius 1 is 1.30 bits per heavy atom. The van der Waals surface area contributed by atoms with Gasteiger partial charge in [-0.3, -0.25) is 4.79 Å². The monoisotopic (exact) mass is 314 g/mol. The summed E-state index contributed by atoms with van der Waals surface area (Å²) in [5.41, 5.74) is 4.61. The quantitative estimate of drug-likeness (QED) is 0.721. The van der Waals surface area contributed by atoms with Crippen LogP contribution in [0, 0.1) is 5.41 Å². The predicted octanol–water partition coefficient (Wildman–Crippen LogP) is 5.46. The molecule has 2 nitrogen and oxygen atoms in total. The average molecular weight is 314 g/mol. The van der Waals surface area contributed by atoms with Crippen molar-refractivity contribution >= 4 is 5.78 Å². The highest BCUT2D eigenvalue weighted by Crippen LogP contribution is 2.41. The average Bonchev–Trinajstić information content (AvgIpc) is 2.45. The summed E-state index contributed by atoms with van der Waals surface area (Å²) in [4.78, 5) is 12.9. The van der Waals surface area contributed by atoms with Crippen molar-refractivity contribution in [2.45, 2.75) is 66.2 Å². The van der Waals surface area contributed by atoms with Crippen molar-refractivity contribution in [1.29, 1.82) is 0 Å². The van der Waals surface area contributed by atoms with Crippen LogP contribution in [0.25, 0.3) is 0 Å². The minimum Gasteiger partial charge on any atom is -0.496 e. The first kappa shape index (κ1) is 17.8. The fourth-order valence-corrected chi connectivity index (χ4v) is 3.86. The maximum absolute atomic E-state index is 12.9. The van der Waals surface area contributed by atoms with Gasteiger partial charge in [0.15, 0.2) is 5.78 Å². The maximum atomic E-state index is 12.9. The summed E-state index contributed by atoms with van der Waals surface area (Å²) in [7, 11) is 1.70. The summed E-state index contributed by atoms with van der Waals surface area (Å²) >= 11 is 0. The Balaban J connectivity index is 2.29. The molecule has 0 amide bonds. The molecule has 0 aromatic heterocycles. The number of ether oxygens (including phenoxy) is 1. The molecule has 0 atom stereocenters. The zero-order chi connectivity index (χ0) is 17.2. The van der Waals surface area contributed by atoms with Crippen molar-refractivity contribution in [3.05, 3.63) is 40.5 Å². The van der Waals surface area contributed by atoms with Gasteiger partial charge in [0.25, 0.3) is 0 Å². The van der Waals surface area contributed by atoms with E-state index >= 15 is 0 Å². The van der Waals surface area contributed by atoms with E-state index in [2.05, 4.69) is 40.7 Å². The minimum atomic E-state index is 0.00671. The standard InChI is InChI=1S/C21H30O2/c1-14(2)17-12-16(9-10-19(17)23-6)13-18(22)20-15(3)8-7-11-21(20,4)5/h9-10,12,14H,7-8,11,13H2,1-6H3. The van der Waals surface area contributed by atoms with Crippen LogP contribution < -0.4 is 4.74 Å². The van der Waals surface area contributed by atoms with Crippen LogP contribution >= 0.6 is 0 Å². The lowest BCUT2D eigenvalue weighted by Crippen LogP contribution is -2.27. The van der Waals surface area contributed by atoms with E-state index in [0.29, 0.717) is 12.3 Å². The van der Waals surface area contributed by atoms with Crippen LogP contribution in [0.5, 0.6) is 5.75 Å². The summed E-state index contributed by atoms with van der Waals surface area (Å²) in [5.74, 6) is 1.57. The Hall–Kier alpha value is -1.57. The van der Waals surface area contributed by atoms with Crippen LogP contribution in [-0.4, -0.2) is 12.9 Å². The summed E-state index contributed by atoms with van der Waals surface area (Å²) < 4.78 is 5.44. The Labute approximate surface area is 140 Å². The summed E-state index contributed by atoms with van der Waals surface area (Å²) in [6, 6.07) is 6.15. The number of carbonyl (C=O) groups is 1. The molecule has 0 saturated carbocycles. The molecule has 23 heavy (non-hydrogen) atoms. The lowest BCUT2D eigenvalue weighted by molar-refractivity contribution is -0.116. The first-order valence-corrected chi connectivity index (χ1v) is 8.66. The Morgan fingerprint density at radius 3 is 2.57 bits per heavy atom. The van der Waals surface area contributed by atoms with E-state index in [9.17, 15) is 4.79 Å². The molecule has 0 N–H and O–H groups in total. The third-order valence-electron chi connectivity index (χ3n) is 5.02. The van der Waals surface area contributed by atoms with E-state index in [1.807, 2.05) is 12.1 Å². The van der Waals surface area contributed by atoms with E-state index < -0.39 is 0 Å². The summed E-state index contributed by atoms with van der Waals surface area (Å²) in [6.07, 6.45) is 3.84.